The second kappa shape index (κ2) is 6.74. The average molecular weight is 365 g/mol. The molecule has 26 heavy (non-hydrogen) atoms. The molecule has 4 fully saturated rings. The highest BCUT2D eigenvalue weighted by molar-refractivity contribution is 5.10. The van der Waals surface area contributed by atoms with Crippen LogP contribution in [0.1, 0.15) is 78.6 Å². The van der Waals surface area contributed by atoms with Crippen LogP contribution < -0.4 is 0 Å². The van der Waals surface area contributed by atoms with E-state index in [1.54, 1.807) is 0 Å². The van der Waals surface area contributed by atoms with Crippen LogP contribution in [0, 0.1) is 46.3 Å². The van der Waals surface area contributed by atoms with Crippen molar-refractivity contribution in [3.05, 3.63) is 0 Å². The van der Waals surface area contributed by atoms with Gasteiger partial charge in [0.1, 0.15) is 0 Å². The Hall–Kier alpha value is -0.120. The molecule has 0 aliphatic heterocycles. The Labute approximate surface area is 159 Å². The van der Waals surface area contributed by atoms with Gasteiger partial charge in [0.2, 0.25) is 0 Å². The van der Waals surface area contributed by atoms with E-state index in [2.05, 4.69) is 20.8 Å². The van der Waals surface area contributed by atoms with Crippen molar-refractivity contribution in [1.82, 2.24) is 0 Å². The molecule has 3 N–H and O–H groups in total. The Morgan fingerprint density at radius 3 is 2.38 bits per heavy atom. The Bertz CT molecular complexity index is 522. The van der Waals surface area contributed by atoms with Gasteiger partial charge in [-0.25, -0.2) is 0 Å². The second-order valence-electron chi connectivity index (χ2n) is 10.9. The van der Waals surface area contributed by atoms with Crippen molar-refractivity contribution in [2.45, 2.75) is 90.8 Å². The highest BCUT2D eigenvalue weighted by atomic mass is 16.3. The van der Waals surface area contributed by atoms with Crippen molar-refractivity contribution in [2.75, 3.05) is 6.61 Å². The fourth-order valence-corrected chi connectivity index (χ4v) is 8.66. The molecule has 0 bridgehead atoms. The first-order valence-electron chi connectivity index (χ1n) is 11.3. The number of aliphatic hydroxyl groups excluding tert-OH is 3. The SMILES string of the molecule is C[C@H](CCO)[C@H]1CC[C@H]2[C@@H]3CC[C@H]4C[C@H](O)[C@@H](O)C[C@]4(C)[C@H]3CC[C@]12C. The molecular weight excluding hydrogens is 324 g/mol. The normalized spacial score (nSPS) is 54.9. The number of hydrogen-bond acceptors (Lipinski definition) is 3. The summed E-state index contributed by atoms with van der Waals surface area (Å²) in [6, 6.07) is 0. The van der Waals surface area contributed by atoms with E-state index in [0.717, 1.165) is 42.9 Å². The third-order valence-corrected chi connectivity index (χ3v) is 10.0. The Kier molecular flexibility index (Phi) is 4.98. The van der Waals surface area contributed by atoms with E-state index in [-0.39, 0.29) is 5.41 Å². The summed E-state index contributed by atoms with van der Waals surface area (Å²) in [5.74, 6) is 4.36. The lowest BCUT2D eigenvalue weighted by Gasteiger charge is -2.61. The summed E-state index contributed by atoms with van der Waals surface area (Å²) in [6.07, 6.45) is 9.42. The van der Waals surface area contributed by atoms with Crippen LogP contribution in [0.15, 0.2) is 0 Å². The summed E-state index contributed by atoms with van der Waals surface area (Å²) in [4.78, 5) is 0. The summed E-state index contributed by atoms with van der Waals surface area (Å²) < 4.78 is 0. The smallest absolute Gasteiger partial charge is 0.0804 e. The van der Waals surface area contributed by atoms with Crippen molar-refractivity contribution in [2.24, 2.45) is 46.3 Å². The van der Waals surface area contributed by atoms with Crippen LogP contribution in [0.3, 0.4) is 0 Å². The molecule has 4 rings (SSSR count). The topological polar surface area (TPSA) is 60.7 Å². The van der Waals surface area contributed by atoms with E-state index < -0.39 is 12.2 Å². The molecule has 0 radical (unpaired) electrons. The van der Waals surface area contributed by atoms with E-state index in [1.807, 2.05) is 0 Å². The minimum atomic E-state index is -0.524. The van der Waals surface area contributed by atoms with Gasteiger partial charge in [-0.3, -0.25) is 0 Å². The third kappa shape index (κ3) is 2.71. The van der Waals surface area contributed by atoms with Gasteiger partial charge in [0.25, 0.3) is 0 Å². The molecule has 0 aromatic rings. The average Bonchev–Trinajstić information content (AvgIpc) is 2.94. The van der Waals surface area contributed by atoms with E-state index in [1.165, 1.54) is 38.5 Å². The summed E-state index contributed by atoms with van der Waals surface area (Å²) in [5, 5.41) is 30.0. The van der Waals surface area contributed by atoms with Crippen molar-refractivity contribution in [3.8, 4) is 0 Å². The van der Waals surface area contributed by atoms with E-state index in [9.17, 15) is 15.3 Å². The zero-order chi connectivity index (χ0) is 18.7. The number of hydrogen-bond donors (Lipinski definition) is 3. The molecule has 0 amide bonds. The van der Waals surface area contributed by atoms with Gasteiger partial charge >= 0.3 is 0 Å². The zero-order valence-corrected chi connectivity index (χ0v) is 17.0. The molecule has 0 heterocycles. The maximum absolute atomic E-state index is 10.4. The highest BCUT2D eigenvalue weighted by Crippen LogP contribution is 2.68. The van der Waals surface area contributed by atoms with Crippen LogP contribution in [-0.4, -0.2) is 34.1 Å². The van der Waals surface area contributed by atoms with Crippen LogP contribution in [-0.2, 0) is 0 Å². The number of aliphatic hydroxyl groups is 3. The molecular formula is C23H40O3. The van der Waals surface area contributed by atoms with Crippen LogP contribution in [0.5, 0.6) is 0 Å². The zero-order valence-electron chi connectivity index (χ0n) is 17.0. The van der Waals surface area contributed by atoms with Gasteiger partial charge in [0.15, 0.2) is 0 Å². The molecule has 0 unspecified atom stereocenters. The van der Waals surface area contributed by atoms with Gasteiger partial charge in [-0.15, -0.1) is 0 Å². The largest absolute Gasteiger partial charge is 0.396 e. The monoisotopic (exact) mass is 364 g/mol. The molecule has 0 aromatic carbocycles. The predicted molar refractivity (Wildman–Crippen MR) is 103 cm³/mol. The lowest BCUT2D eigenvalue weighted by Crippen LogP contribution is -2.56. The van der Waals surface area contributed by atoms with Gasteiger partial charge < -0.3 is 15.3 Å². The van der Waals surface area contributed by atoms with Crippen molar-refractivity contribution < 1.29 is 15.3 Å². The van der Waals surface area contributed by atoms with E-state index >= 15 is 0 Å². The van der Waals surface area contributed by atoms with Crippen LogP contribution in [0.25, 0.3) is 0 Å². The maximum atomic E-state index is 10.4. The second-order valence-corrected chi connectivity index (χ2v) is 10.9. The lowest BCUT2D eigenvalue weighted by atomic mass is 9.44. The summed E-state index contributed by atoms with van der Waals surface area (Å²) in [6.45, 7) is 7.68. The van der Waals surface area contributed by atoms with Crippen LogP contribution in [0.4, 0.5) is 0 Å². The molecule has 150 valence electrons. The number of fused-ring (bicyclic) bond motifs is 5. The highest BCUT2D eigenvalue weighted by Gasteiger charge is 2.61. The van der Waals surface area contributed by atoms with Gasteiger partial charge in [-0.1, -0.05) is 20.8 Å². The molecule has 4 aliphatic carbocycles. The first-order chi connectivity index (χ1) is 12.3. The first kappa shape index (κ1) is 19.2. The Morgan fingerprint density at radius 1 is 0.923 bits per heavy atom. The Morgan fingerprint density at radius 2 is 1.65 bits per heavy atom. The maximum Gasteiger partial charge on any atom is 0.0804 e. The van der Waals surface area contributed by atoms with Crippen LogP contribution >= 0.6 is 0 Å². The lowest BCUT2D eigenvalue weighted by molar-refractivity contribution is -0.160. The van der Waals surface area contributed by atoms with Crippen molar-refractivity contribution >= 4 is 0 Å². The standard InChI is InChI=1S/C23H40O3/c1-14(9-11-24)17-6-7-18-16-5-4-15-12-20(25)21(26)13-23(15,3)19(16)8-10-22(17,18)2/h14-21,24-26H,4-13H2,1-3H3/t14-,15+,16+,17-,18+,19+,20+,21+,22-,23+/m1/s1. The van der Waals surface area contributed by atoms with Crippen molar-refractivity contribution in [3.63, 3.8) is 0 Å². The number of rotatable bonds is 3. The molecule has 4 saturated carbocycles. The van der Waals surface area contributed by atoms with E-state index in [4.69, 9.17) is 0 Å². The summed E-state index contributed by atoms with van der Waals surface area (Å²) in [5.41, 5.74) is 0.670. The minimum Gasteiger partial charge on any atom is -0.396 e. The fraction of sp³-hybridized carbons (Fsp3) is 1.00. The molecule has 3 nitrogen and oxygen atoms in total. The molecule has 4 aliphatic rings. The predicted octanol–water partition coefficient (Wildman–Crippen LogP) is 4.00. The molecule has 10 atom stereocenters. The third-order valence-electron chi connectivity index (χ3n) is 10.0. The first-order valence-corrected chi connectivity index (χ1v) is 11.3. The van der Waals surface area contributed by atoms with Crippen LogP contribution in [0.2, 0.25) is 0 Å². The fourth-order valence-electron chi connectivity index (χ4n) is 8.66. The van der Waals surface area contributed by atoms with Crippen molar-refractivity contribution in [1.29, 1.82) is 0 Å². The molecule has 0 aromatic heterocycles. The quantitative estimate of drug-likeness (QED) is 0.709. The summed E-state index contributed by atoms with van der Waals surface area (Å²) in [7, 11) is 0. The minimum absolute atomic E-state index is 0.220. The summed E-state index contributed by atoms with van der Waals surface area (Å²) >= 11 is 0. The van der Waals surface area contributed by atoms with Gasteiger partial charge in [0, 0.05) is 6.61 Å². The van der Waals surface area contributed by atoms with Gasteiger partial charge in [0.05, 0.1) is 12.2 Å². The molecule has 0 spiro atoms. The Balaban J connectivity index is 1.57. The molecule has 3 heteroatoms. The van der Waals surface area contributed by atoms with Gasteiger partial charge in [-0.05, 0) is 104 Å². The van der Waals surface area contributed by atoms with E-state index in [0.29, 0.717) is 23.9 Å². The van der Waals surface area contributed by atoms with Gasteiger partial charge in [-0.2, -0.15) is 0 Å². The molecule has 0 saturated heterocycles.